The van der Waals surface area contributed by atoms with E-state index in [4.69, 9.17) is 0 Å². The number of nitrogens with zero attached hydrogens (tertiary/aromatic N) is 2. The molecule has 0 saturated carbocycles. The first-order chi connectivity index (χ1) is 9.11. The summed E-state index contributed by atoms with van der Waals surface area (Å²) in [4.78, 5) is 23.2. The zero-order chi connectivity index (χ0) is 13.8. The fourth-order valence-electron chi connectivity index (χ4n) is 2.01. The maximum Gasteiger partial charge on any atom is 0.264 e. The van der Waals surface area contributed by atoms with Gasteiger partial charge in [0.1, 0.15) is 5.82 Å². The molecular formula is C14H19N3OS. The molecule has 0 fully saturated rings. The highest BCUT2D eigenvalue weighted by Crippen LogP contribution is 2.24. The fourth-order valence-corrected chi connectivity index (χ4v) is 3.08. The number of rotatable bonds is 5. The second-order valence-electron chi connectivity index (χ2n) is 4.64. The Morgan fingerprint density at radius 3 is 2.95 bits per heavy atom. The average Bonchev–Trinajstić information content (AvgIpc) is 3.00. The highest BCUT2D eigenvalue weighted by molar-refractivity contribution is 7.14. The highest BCUT2D eigenvalue weighted by atomic mass is 32.1. The summed E-state index contributed by atoms with van der Waals surface area (Å²) >= 11 is 1.58. The number of H-pyrrole nitrogens is 1. The minimum absolute atomic E-state index is 0.0619. The number of nitrogens with one attached hydrogen (secondary N) is 1. The Bertz CT molecular complexity index is 545. The van der Waals surface area contributed by atoms with Crippen molar-refractivity contribution in [3.05, 3.63) is 39.6 Å². The molecule has 2 aromatic heterocycles. The van der Waals surface area contributed by atoms with Crippen LogP contribution in [0.4, 0.5) is 0 Å². The normalized spacial score (nSPS) is 10.7. The molecule has 0 radical (unpaired) electrons. The van der Waals surface area contributed by atoms with E-state index in [1.165, 1.54) is 10.4 Å². The molecule has 0 aliphatic carbocycles. The summed E-state index contributed by atoms with van der Waals surface area (Å²) in [5, 5.41) is 0. The number of amides is 1. The smallest absolute Gasteiger partial charge is 0.264 e. The summed E-state index contributed by atoms with van der Waals surface area (Å²) in [6, 6.07) is 2.03. The summed E-state index contributed by atoms with van der Waals surface area (Å²) in [5.74, 6) is 0.866. The summed E-state index contributed by atoms with van der Waals surface area (Å²) in [6.45, 7) is 4.74. The van der Waals surface area contributed by atoms with Gasteiger partial charge in [-0.15, -0.1) is 11.3 Å². The van der Waals surface area contributed by atoms with Gasteiger partial charge in [-0.25, -0.2) is 4.98 Å². The topological polar surface area (TPSA) is 49.0 Å². The van der Waals surface area contributed by atoms with E-state index < -0.39 is 0 Å². The monoisotopic (exact) mass is 277 g/mol. The van der Waals surface area contributed by atoms with Crippen LogP contribution in [0.15, 0.2) is 18.5 Å². The number of hydrogen-bond acceptors (Lipinski definition) is 3. The Hall–Kier alpha value is -1.62. The van der Waals surface area contributed by atoms with Crippen LogP contribution in [0.25, 0.3) is 0 Å². The molecule has 0 unspecified atom stereocenters. The molecule has 0 saturated heterocycles. The van der Waals surface area contributed by atoms with Crippen molar-refractivity contribution in [2.24, 2.45) is 0 Å². The van der Waals surface area contributed by atoms with Gasteiger partial charge in [0, 0.05) is 24.3 Å². The van der Waals surface area contributed by atoms with Crippen molar-refractivity contribution < 1.29 is 4.79 Å². The first-order valence-corrected chi connectivity index (χ1v) is 7.26. The zero-order valence-electron chi connectivity index (χ0n) is 11.6. The van der Waals surface area contributed by atoms with Crippen molar-refractivity contribution >= 4 is 17.2 Å². The number of thiophene rings is 1. The molecule has 19 heavy (non-hydrogen) atoms. The number of aryl methyl sites for hydroxylation is 2. The third kappa shape index (κ3) is 3.23. The summed E-state index contributed by atoms with van der Waals surface area (Å²) < 4.78 is 0. The van der Waals surface area contributed by atoms with Gasteiger partial charge in [-0.05, 0) is 25.0 Å². The molecule has 0 aromatic carbocycles. The lowest BCUT2D eigenvalue weighted by atomic mass is 10.1. The predicted molar refractivity (Wildman–Crippen MR) is 77.4 cm³/mol. The van der Waals surface area contributed by atoms with Crippen LogP contribution in [0, 0.1) is 6.92 Å². The van der Waals surface area contributed by atoms with Gasteiger partial charge in [0.15, 0.2) is 0 Å². The van der Waals surface area contributed by atoms with E-state index in [-0.39, 0.29) is 5.91 Å². The Morgan fingerprint density at radius 2 is 2.32 bits per heavy atom. The number of aromatic nitrogens is 2. The standard InChI is InChI=1S/C14H19N3OS/c1-4-5-11-8-12(19-10(11)2)14(18)17(3)9-13-15-6-7-16-13/h6-8H,4-5,9H2,1-3H3,(H,15,16). The van der Waals surface area contributed by atoms with Gasteiger partial charge in [-0.3, -0.25) is 4.79 Å². The lowest BCUT2D eigenvalue weighted by Gasteiger charge is -2.14. The summed E-state index contributed by atoms with van der Waals surface area (Å²) in [5.41, 5.74) is 1.29. The second kappa shape index (κ2) is 6.02. The van der Waals surface area contributed by atoms with E-state index in [0.29, 0.717) is 6.54 Å². The maximum atomic E-state index is 12.3. The van der Waals surface area contributed by atoms with E-state index in [1.807, 2.05) is 6.07 Å². The van der Waals surface area contributed by atoms with Crippen molar-refractivity contribution in [1.29, 1.82) is 0 Å². The van der Waals surface area contributed by atoms with Gasteiger partial charge in [-0.1, -0.05) is 13.3 Å². The molecule has 102 valence electrons. The van der Waals surface area contributed by atoms with E-state index in [1.54, 1.807) is 35.7 Å². The Morgan fingerprint density at radius 1 is 1.53 bits per heavy atom. The largest absolute Gasteiger partial charge is 0.347 e. The first kappa shape index (κ1) is 13.8. The van der Waals surface area contributed by atoms with Crippen LogP contribution in [0.2, 0.25) is 0 Å². The summed E-state index contributed by atoms with van der Waals surface area (Å²) in [6.07, 6.45) is 5.61. The van der Waals surface area contributed by atoms with Crippen LogP contribution < -0.4 is 0 Å². The van der Waals surface area contributed by atoms with Crippen LogP contribution in [-0.4, -0.2) is 27.8 Å². The van der Waals surface area contributed by atoms with Crippen molar-refractivity contribution in [1.82, 2.24) is 14.9 Å². The van der Waals surface area contributed by atoms with Gasteiger partial charge in [-0.2, -0.15) is 0 Å². The van der Waals surface area contributed by atoms with E-state index in [0.717, 1.165) is 23.5 Å². The molecule has 5 heteroatoms. The van der Waals surface area contributed by atoms with Gasteiger partial charge >= 0.3 is 0 Å². The van der Waals surface area contributed by atoms with Gasteiger partial charge < -0.3 is 9.88 Å². The van der Waals surface area contributed by atoms with E-state index in [9.17, 15) is 4.79 Å². The molecule has 2 aromatic rings. The fraction of sp³-hybridized carbons (Fsp3) is 0.429. The van der Waals surface area contributed by atoms with Gasteiger partial charge in [0.2, 0.25) is 0 Å². The summed E-state index contributed by atoms with van der Waals surface area (Å²) in [7, 11) is 1.80. The number of hydrogen-bond donors (Lipinski definition) is 1. The molecule has 0 spiro atoms. The molecule has 4 nitrogen and oxygen atoms in total. The molecule has 2 rings (SSSR count). The maximum absolute atomic E-state index is 12.3. The second-order valence-corrected chi connectivity index (χ2v) is 5.90. The van der Waals surface area contributed by atoms with E-state index in [2.05, 4.69) is 23.8 Å². The van der Waals surface area contributed by atoms with Crippen molar-refractivity contribution in [2.75, 3.05) is 7.05 Å². The van der Waals surface area contributed by atoms with Crippen LogP contribution in [-0.2, 0) is 13.0 Å². The van der Waals surface area contributed by atoms with Crippen LogP contribution >= 0.6 is 11.3 Å². The minimum Gasteiger partial charge on any atom is -0.347 e. The third-order valence-electron chi connectivity index (χ3n) is 3.04. The first-order valence-electron chi connectivity index (χ1n) is 6.44. The predicted octanol–water partition coefficient (Wildman–Crippen LogP) is 3.00. The number of imidazole rings is 1. The molecule has 0 aliphatic rings. The van der Waals surface area contributed by atoms with Crippen molar-refractivity contribution in [2.45, 2.75) is 33.2 Å². The zero-order valence-corrected chi connectivity index (χ0v) is 12.4. The molecule has 1 N–H and O–H groups in total. The Balaban J connectivity index is 2.08. The minimum atomic E-state index is 0.0619. The quantitative estimate of drug-likeness (QED) is 0.913. The molecular weight excluding hydrogens is 258 g/mol. The van der Waals surface area contributed by atoms with Crippen LogP contribution in [0.5, 0.6) is 0 Å². The Labute approximate surface area is 117 Å². The third-order valence-corrected chi connectivity index (χ3v) is 4.12. The number of carbonyl (C=O) groups excluding carboxylic acids is 1. The number of aromatic amines is 1. The lowest BCUT2D eigenvalue weighted by molar-refractivity contribution is 0.0786. The van der Waals surface area contributed by atoms with Crippen molar-refractivity contribution in [3.8, 4) is 0 Å². The average molecular weight is 277 g/mol. The Kier molecular flexibility index (Phi) is 4.37. The molecule has 0 atom stereocenters. The highest BCUT2D eigenvalue weighted by Gasteiger charge is 2.16. The number of carbonyl (C=O) groups is 1. The van der Waals surface area contributed by atoms with Gasteiger partial charge in [0.25, 0.3) is 5.91 Å². The lowest BCUT2D eigenvalue weighted by Crippen LogP contribution is -2.25. The molecule has 1 amide bonds. The van der Waals surface area contributed by atoms with E-state index >= 15 is 0 Å². The van der Waals surface area contributed by atoms with Crippen LogP contribution in [0.1, 0.15) is 39.3 Å². The van der Waals surface area contributed by atoms with Gasteiger partial charge in [0.05, 0.1) is 11.4 Å². The SMILES string of the molecule is CCCc1cc(C(=O)N(C)Cc2ncc[nH]2)sc1C. The van der Waals surface area contributed by atoms with Crippen molar-refractivity contribution in [3.63, 3.8) is 0 Å². The van der Waals surface area contributed by atoms with Crippen LogP contribution in [0.3, 0.4) is 0 Å². The molecule has 0 aliphatic heterocycles. The molecule has 2 heterocycles. The molecule has 0 bridgehead atoms.